The van der Waals surface area contributed by atoms with Crippen LogP contribution in [0.25, 0.3) is 0 Å². The van der Waals surface area contributed by atoms with E-state index in [1.807, 2.05) is 32.4 Å². The number of nitrogens with zero attached hydrogens (tertiary/aromatic N) is 4. The average Bonchev–Trinajstić information content (AvgIpc) is 3.28. The van der Waals surface area contributed by atoms with Crippen LogP contribution in [-0.4, -0.2) is 50.5 Å². The van der Waals surface area contributed by atoms with Gasteiger partial charge in [0.1, 0.15) is 11.6 Å². The van der Waals surface area contributed by atoms with Gasteiger partial charge < -0.3 is 19.9 Å². The van der Waals surface area contributed by atoms with Crippen molar-refractivity contribution in [1.82, 2.24) is 25.1 Å². The summed E-state index contributed by atoms with van der Waals surface area (Å²) in [7, 11) is 3.43. The highest BCUT2D eigenvalue weighted by Crippen LogP contribution is 2.25. The van der Waals surface area contributed by atoms with Gasteiger partial charge in [-0.25, -0.2) is 4.98 Å². The first kappa shape index (κ1) is 23.7. The summed E-state index contributed by atoms with van der Waals surface area (Å²) in [4.78, 5) is 30.2. The fraction of sp³-hybridized carbons (Fsp3) is 0.381. The minimum absolute atomic E-state index is 0.139. The number of carbonyl (C=O) groups excluding carboxylic acids is 2. The van der Waals surface area contributed by atoms with E-state index in [9.17, 15) is 9.59 Å². The topological polar surface area (TPSA) is 111 Å². The van der Waals surface area contributed by atoms with Crippen LogP contribution in [0.2, 0.25) is 0 Å². The van der Waals surface area contributed by atoms with Crippen LogP contribution in [0, 0.1) is 13.8 Å². The Morgan fingerprint density at radius 2 is 1.94 bits per heavy atom. The van der Waals surface area contributed by atoms with Crippen molar-refractivity contribution >= 4 is 40.0 Å². The average molecular weight is 475 g/mol. The second-order valence-electron chi connectivity index (χ2n) is 7.10. The van der Waals surface area contributed by atoms with Crippen LogP contribution in [0.4, 0.5) is 5.13 Å². The third kappa shape index (κ3) is 5.86. The normalized spacial score (nSPS) is 11.8. The molecule has 2 N–H and O–H groups in total. The second kappa shape index (κ2) is 10.6. The number of methoxy groups -OCH3 is 1. The SMILES string of the molecule is COc1ccc(C(=O)NCCc2nnc(SC(C)C(=O)Nc3nc(C)c(C)s3)n2C)cc1. The van der Waals surface area contributed by atoms with Crippen molar-refractivity contribution in [3.63, 3.8) is 0 Å². The van der Waals surface area contributed by atoms with Crippen LogP contribution in [0.15, 0.2) is 29.4 Å². The highest BCUT2D eigenvalue weighted by molar-refractivity contribution is 8.00. The number of carbonyl (C=O) groups is 2. The number of thiazole rings is 1. The molecule has 0 saturated carbocycles. The van der Waals surface area contributed by atoms with Gasteiger partial charge in [-0.2, -0.15) is 0 Å². The van der Waals surface area contributed by atoms with Gasteiger partial charge in [0.25, 0.3) is 5.91 Å². The van der Waals surface area contributed by atoms with Gasteiger partial charge in [0, 0.05) is 30.5 Å². The van der Waals surface area contributed by atoms with Crippen molar-refractivity contribution in [3.05, 3.63) is 46.2 Å². The quantitative estimate of drug-likeness (QED) is 0.459. The van der Waals surface area contributed by atoms with E-state index in [0.29, 0.717) is 34.6 Å². The maximum absolute atomic E-state index is 12.5. The lowest BCUT2D eigenvalue weighted by Gasteiger charge is -2.10. The Kier molecular flexibility index (Phi) is 7.86. The Morgan fingerprint density at radius 1 is 1.22 bits per heavy atom. The summed E-state index contributed by atoms with van der Waals surface area (Å²) in [6, 6.07) is 6.92. The largest absolute Gasteiger partial charge is 0.497 e. The smallest absolute Gasteiger partial charge is 0.251 e. The van der Waals surface area contributed by atoms with Gasteiger partial charge in [-0.05, 0) is 45.0 Å². The van der Waals surface area contributed by atoms with Gasteiger partial charge in [-0.1, -0.05) is 11.8 Å². The molecule has 11 heteroatoms. The number of aryl methyl sites for hydroxylation is 2. The maximum atomic E-state index is 12.5. The first-order valence-electron chi connectivity index (χ1n) is 10.0. The molecule has 0 aliphatic carbocycles. The highest BCUT2D eigenvalue weighted by atomic mass is 32.2. The number of nitrogens with one attached hydrogen (secondary N) is 2. The van der Waals surface area contributed by atoms with E-state index >= 15 is 0 Å². The maximum Gasteiger partial charge on any atom is 0.251 e. The first-order valence-corrected chi connectivity index (χ1v) is 11.7. The summed E-state index contributed by atoms with van der Waals surface area (Å²) < 4.78 is 6.94. The molecular weight excluding hydrogens is 448 g/mol. The van der Waals surface area contributed by atoms with Gasteiger partial charge in [0.2, 0.25) is 5.91 Å². The summed E-state index contributed by atoms with van der Waals surface area (Å²) in [6.45, 7) is 6.12. The van der Waals surface area contributed by atoms with E-state index in [4.69, 9.17) is 4.74 Å². The van der Waals surface area contributed by atoms with Crippen LogP contribution >= 0.6 is 23.1 Å². The van der Waals surface area contributed by atoms with Crippen LogP contribution in [-0.2, 0) is 18.3 Å². The predicted molar refractivity (Wildman–Crippen MR) is 126 cm³/mol. The number of anilines is 1. The van der Waals surface area contributed by atoms with Crippen molar-refractivity contribution < 1.29 is 14.3 Å². The van der Waals surface area contributed by atoms with E-state index < -0.39 is 0 Å². The molecule has 9 nitrogen and oxygen atoms in total. The van der Waals surface area contributed by atoms with Gasteiger partial charge in [-0.3, -0.25) is 9.59 Å². The number of aromatic nitrogens is 4. The Hall–Kier alpha value is -2.92. The molecule has 3 rings (SSSR count). The molecule has 0 spiro atoms. The number of hydrogen-bond donors (Lipinski definition) is 2. The standard InChI is InChI=1S/C21H26N6O3S2/c1-12-13(2)31-20(23-12)24-18(28)14(3)32-21-26-25-17(27(21)4)10-11-22-19(29)15-6-8-16(30-5)9-7-15/h6-9,14H,10-11H2,1-5H3,(H,22,29)(H,23,24,28). The second-order valence-corrected chi connectivity index (χ2v) is 9.61. The number of amides is 2. The number of benzene rings is 1. The lowest BCUT2D eigenvalue weighted by molar-refractivity contribution is -0.115. The van der Waals surface area contributed by atoms with Crippen LogP contribution < -0.4 is 15.4 Å². The van der Waals surface area contributed by atoms with Crippen molar-refractivity contribution in [3.8, 4) is 5.75 Å². The zero-order valence-electron chi connectivity index (χ0n) is 18.6. The molecule has 2 amide bonds. The van der Waals surface area contributed by atoms with E-state index in [-0.39, 0.29) is 17.1 Å². The molecule has 0 radical (unpaired) electrons. The summed E-state index contributed by atoms with van der Waals surface area (Å²) in [6.07, 6.45) is 0.518. The van der Waals surface area contributed by atoms with Gasteiger partial charge in [0.15, 0.2) is 10.3 Å². The Balaban J connectivity index is 1.50. The third-order valence-corrected chi connectivity index (χ3v) is 6.94. The number of ether oxygens (including phenoxy) is 1. The minimum atomic E-state index is -0.370. The van der Waals surface area contributed by atoms with Crippen molar-refractivity contribution in [2.24, 2.45) is 7.05 Å². The van der Waals surface area contributed by atoms with Crippen molar-refractivity contribution in [2.75, 3.05) is 19.0 Å². The van der Waals surface area contributed by atoms with Crippen molar-refractivity contribution in [1.29, 1.82) is 0 Å². The first-order chi connectivity index (χ1) is 15.3. The lowest BCUT2D eigenvalue weighted by Crippen LogP contribution is -2.26. The zero-order chi connectivity index (χ0) is 23.3. The number of thioether (sulfide) groups is 1. The summed E-state index contributed by atoms with van der Waals surface area (Å²) >= 11 is 2.78. The molecule has 3 aromatic rings. The molecular formula is C21H26N6O3S2. The van der Waals surface area contributed by atoms with Gasteiger partial charge >= 0.3 is 0 Å². The molecule has 170 valence electrons. The van der Waals surface area contributed by atoms with Gasteiger partial charge in [-0.15, -0.1) is 21.5 Å². The molecule has 1 atom stereocenters. The molecule has 0 saturated heterocycles. The molecule has 2 heterocycles. The number of rotatable bonds is 9. The lowest BCUT2D eigenvalue weighted by atomic mass is 10.2. The molecule has 0 aliphatic heterocycles. The van der Waals surface area contributed by atoms with Crippen molar-refractivity contribution in [2.45, 2.75) is 37.6 Å². The molecule has 32 heavy (non-hydrogen) atoms. The van der Waals surface area contributed by atoms with Crippen LogP contribution in [0.5, 0.6) is 5.75 Å². The molecule has 2 aromatic heterocycles. The number of hydrogen-bond acceptors (Lipinski definition) is 8. The van der Waals surface area contributed by atoms with E-state index in [1.54, 1.807) is 31.4 Å². The van der Waals surface area contributed by atoms with Crippen LogP contribution in [0.1, 0.15) is 33.7 Å². The molecule has 1 aromatic carbocycles. The van der Waals surface area contributed by atoms with Gasteiger partial charge in [0.05, 0.1) is 18.1 Å². The summed E-state index contributed by atoms with van der Waals surface area (Å²) in [5, 5.41) is 15.0. The third-order valence-electron chi connectivity index (χ3n) is 4.82. The Bertz CT molecular complexity index is 1070. The van der Waals surface area contributed by atoms with Crippen LogP contribution in [0.3, 0.4) is 0 Å². The van der Waals surface area contributed by atoms with E-state index in [0.717, 1.165) is 16.4 Å². The Labute approximate surface area is 195 Å². The molecule has 0 bridgehead atoms. The molecule has 0 aliphatic rings. The fourth-order valence-electron chi connectivity index (χ4n) is 2.74. The Morgan fingerprint density at radius 3 is 2.56 bits per heavy atom. The summed E-state index contributed by atoms with van der Waals surface area (Å²) in [5.41, 5.74) is 1.48. The predicted octanol–water partition coefficient (Wildman–Crippen LogP) is 2.99. The minimum Gasteiger partial charge on any atom is -0.497 e. The van der Waals surface area contributed by atoms with E-state index in [2.05, 4.69) is 25.8 Å². The molecule has 1 unspecified atom stereocenters. The molecule has 0 fully saturated rings. The van der Waals surface area contributed by atoms with E-state index in [1.165, 1.54) is 23.1 Å². The monoisotopic (exact) mass is 474 g/mol. The fourth-order valence-corrected chi connectivity index (χ4v) is 4.39. The summed E-state index contributed by atoms with van der Waals surface area (Å²) in [5.74, 6) is 1.12. The highest BCUT2D eigenvalue weighted by Gasteiger charge is 2.20. The zero-order valence-corrected chi connectivity index (χ0v) is 20.3.